The van der Waals surface area contributed by atoms with Crippen LogP contribution in [-0.4, -0.2) is 16.4 Å². The molecule has 98 valence electrons. The first-order valence-electron chi connectivity index (χ1n) is 5.22. The number of nitrogens with zero attached hydrogens (tertiary/aromatic N) is 1. The molecule has 0 saturated carbocycles. The average molecular weight is 255 g/mol. The molecule has 1 aromatic carbocycles. The van der Waals surface area contributed by atoms with Crippen molar-refractivity contribution >= 4 is 17.3 Å². The number of hydrogen-bond acceptors (Lipinski definition) is 4. The highest BCUT2D eigenvalue weighted by molar-refractivity contribution is 5.76. The van der Waals surface area contributed by atoms with Crippen LogP contribution >= 0.6 is 0 Å². The summed E-state index contributed by atoms with van der Waals surface area (Å²) in [6, 6.07) is 3.09. The minimum absolute atomic E-state index is 0.0197. The summed E-state index contributed by atoms with van der Waals surface area (Å²) < 4.78 is 13.1. The van der Waals surface area contributed by atoms with Crippen LogP contribution in [0.15, 0.2) is 18.2 Å². The number of nitro benzene ring substituents is 1. The van der Waals surface area contributed by atoms with Gasteiger partial charge in [0.2, 0.25) is 5.91 Å². The number of rotatable bonds is 5. The highest BCUT2D eigenvalue weighted by Gasteiger charge is 2.24. The van der Waals surface area contributed by atoms with Crippen LogP contribution in [-0.2, 0) is 4.79 Å². The molecular formula is C11H14FN3O3. The molecule has 18 heavy (non-hydrogen) atoms. The van der Waals surface area contributed by atoms with E-state index in [1.54, 1.807) is 13.8 Å². The molecule has 0 bridgehead atoms. The number of halogens is 1. The molecule has 0 aliphatic rings. The van der Waals surface area contributed by atoms with Gasteiger partial charge in [-0.3, -0.25) is 14.9 Å². The van der Waals surface area contributed by atoms with Gasteiger partial charge in [-0.05, 0) is 19.9 Å². The summed E-state index contributed by atoms with van der Waals surface area (Å²) in [4.78, 5) is 21.0. The van der Waals surface area contributed by atoms with Crippen molar-refractivity contribution in [3.05, 3.63) is 34.1 Å². The van der Waals surface area contributed by atoms with Crippen molar-refractivity contribution in [1.82, 2.24) is 0 Å². The van der Waals surface area contributed by atoms with E-state index in [4.69, 9.17) is 5.73 Å². The molecule has 6 nitrogen and oxygen atoms in total. The fourth-order valence-corrected chi connectivity index (χ4v) is 1.61. The highest BCUT2D eigenvalue weighted by atomic mass is 19.1. The van der Waals surface area contributed by atoms with E-state index in [0.717, 1.165) is 18.2 Å². The molecule has 3 N–H and O–H groups in total. The third kappa shape index (κ3) is 3.69. The van der Waals surface area contributed by atoms with Gasteiger partial charge in [0.15, 0.2) is 0 Å². The maximum atomic E-state index is 13.1. The number of carbonyl (C=O) groups excluding carboxylic acids is 1. The van der Waals surface area contributed by atoms with Gasteiger partial charge in [0, 0.05) is 24.1 Å². The van der Waals surface area contributed by atoms with Gasteiger partial charge in [-0.25, -0.2) is 4.39 Å². The van der Waals surface area contributed by atoms with Crippen molar-refractivity contribution < 1.29 is 14.1 Å². The zero-order valence-corrected chi connectivity index (χ0v) is 10.1. The number of primary amides is 1. The van der Waals surface area contributed by atoms with E-state index in [1.165, 1.54) is 0 Å². The quantitative estimate of drug-likeness (QED) is 0.619. The normalized spacial score (nSPS) is 11.1. The Morgan fingerprint density at radius 1 is 1.56 bits per heavy atom. The lowest BCUT2D eigenvalue weighted by Crippen LogP contribution is -2.36. The minimum Gasteiger partial charge on any atom is -0.374 e. The molecule has 0 aromatic heterocycles. The SMILES string of the molecule is CC(C)(CC(N)=O)Nc1cc(F)ccc1[N+](=O)[O-]. The monoisotopic (exact) mass is 255 g/mol. The number of nitro groups is 1. The van der Waals surface area contributed by atoms with Crippen molar-refractivity contribution in [2.24, 2.45) is 5.73 Å². The van der Waals surface area contributed by atoms with Gasteiger partial charge in [0.25, 0.3) is 5.69 Å². The van der Waals surface area contributed by atoms with Gasteiger partial charge >= 0.3 is 0 Å². The van der Waals surface area contributed by atoms with Crippen LogP contribution in [0.1, 0.15) is 20.3 Å². The third-order valence-electron chi connectivity index (χ3n) is 2.24. The lowest BCUT2D eigenvalue weighted by atomic mass is 9.99. The fourth-order valence-electron chi connectivity index (χ4n) is 1.61. The second-order valence-electron chi connectivity index (χ2n) is 4.57. The van der Waals surface area contributed by atoms with E-state index < -0.39 is 22.2 Å². The second kappa shape index (κ2) is 4.99. The van der Waals surface area contributed by atoms with Crippen molar-refractivity contribution in [3.8, 4) is 0 Å². The minimum atomic E-state index is -0.801. The Kier molecular flexibility index (Phi) is 3.85. The van der Waals surface area contributed by atoms with Crippen molar-refractivity contribution in [1.29, 1.82) is 0 Å². The fraction of sp³-hybridized carbons (Fsp3) is 0.364. The van der Waals surface area contributed by atoms with Crippen LogP contribution < -0.4 is 11.1 Å². The van der Waals surface area contributed by atoms with Crippen LogP contribution in [0.25, 0.3) is 0 Å². The summed E-state index contributed by atoms with van der Waals surface area (Å²) >= 11 is 0. The van der Waals surface area contributed by atoms with Crippen LogP contribution in [0.4, 0.5) is 15.8 Å². The molecule has 0 saturated heterocycles. The molecule has 1 aromatic rings. The summed E-state index contributed by atoms with van der Waals surface area (Å²) in [6.45, 7) is 3.29. The molecular weight excluding hydrogens is 241 g/mol. The smallest absolute Gasteiger partial charge is 0.292 e. The van der Waals surface area contributed by atoms with E-state index in [0.29, 0.717) is 0 Å². The topological polar surface area (TPSA) is 98.3 Å². The van der Waals surface area contributed by atoms with Gasteiger partial charge in [-0.15, -0.1) is 0 Å². The largest absolute Gasteiger partial charge is 0.374 e. The number of carbonyl (C=O) groups is 1. The van der Waals surface area contributed by atoms with Crippen LogP contribution in [0.2, 0.25) is 0 Å². The molecule has 0 aliphatic carbocycles. The maximum absolute atomic E-state index is 13.1. The highest BCUT2D eigenvalue weighted by Crippen LogP contribution is 2.28. The summed E-state index contributed by atoms with van der Waals surface area (Å²) in [5.74, 6) is -1.15. The standard InChI is InChI=1S/C11H14FN3O3/c1-11(2,6-10(13)16)14-8-5-7(12)3-4-9(8)15(17)18/h3-5,14H,6H2,1-2H3,(H2,13,16). The second-order valence-corrected chi connectivity index (χ2v) is 4.57. The molecule has 0 aliphatic heterocycles. The van der Waals surface area contributed by atoms with E-state index >= 15 is 0 Å². The maximum Gasteiger partial charge on any atom is 0.292 e. The number of benzene rings is 1. The lowest BCUT2D eigenvalue weighted by Gasteiger charge is -2.25. The molecule has 7 heteroatoms. The molecule has 0 spiro atoms. The molecule has 0 radical (unpaired) electrons. The predicted molar refractivity (Wildman–Crippen MR) is 64.6 cm³/mol. The Balaban J connectivity index is 3.05. The number of anilines is 1. The Labute approximate surface area is 103 Å². The zero-order valence-electron chi connectivity index (χ0n) is 10.1. The average Bonchev–Trinajstić information content (AvgIpc) is 2.13. The van der Waals surface area contributed by atoms with Gasteiger partial charge in [0.05, 0.1) is 4.92 Å². The molecule has 0 heterocycles. The number of nitrogens with two attached hydrogens (primary N) is 1. The van der Waals surface area contributed by atoms with Gasteiger partial charge in [-0.1, -0.05) is 0 Å². The Hall–Kier alpha value is -2.18. The molecule has 0 fully saturated rings. The van der Waals surface area contributed by atoms with Crippen molar-refractivity contribution in [3.63, 3.8) is 0 Å². The van der Waals surface area contributed by atoms with E-state index in [2.05, 4.69) is 5.32 Å². The molecule has 0 unspecified atom stereocenters. The van der Waals surface area contributed by atoms with Crippen molar-refractivity contribution in [2.45, 2.75) is 25.8 Å². The van der Waals surface area contributed by atoms with Gasteiger partial charge < -0.3 is 11.1 Å². The summed E-state index contributed by atoms with van der Waals surface area (Å²) in [7, 11) is 0. The van der Waals surface area contributed by atoms with Gasteiger partial charge in [0.1, 0.15) is 11.5 Å². The number of hydrogen-bond donors (Lipinski definition) is 2. The Morgan fingerprint density at radius 3 is 2.67 bits per heavy atom. The van der Waals surface area contributed by atoms with E-state index in [-0.39, 0.29) is 17.8 Å². The first-order chi connectivity index (χ1) is 8.21. The Morgan fingerprint density at radius 2 is 2.17 bits per heavy atom. The summed E-state index contributed by atoms with van der Waals surface area (Å²) in [5, 5.41) is 13.6. The van der Waals surface area contributed by atoms with Crippen LogP contribution in [0, 0.1) is 15.9 Å². The summed E-state index contributed by atoms with van der Waals surface area (Å²) in [5.41, 5.74) is 4.04. The van der Waals surface area contributed by atoms with Crippen molar-refractivity contribution in [2.75, 3.05) is 5.32 Å². The lowest BCUT2D eigenvalue weighted by molar-refractivity contribution is -0.384. The van der Waals surface area contributed by atoms with Gasteiger partial charge in [-0.2, -0.15) is 0 Å². The summed E-state index contributed by atoms with van der Waals surface area (Å²) in [6.07, 6.45) is -0.0271. The molecule has 0 atom stereocenters. The van der Waals surface area contributed by atoms with E-state index in [1.807, 2.05) is 0 Å². The molecule has 1 amide bonds. The first-order valence-corrected chi connectivity index (χ1v) is 5.22. The predicted octanol–water partition coefficient (Wildman–Crippen LogP) is 1.80. The van der Waals surface area contributed by atoms with Crippen LogP contribution in [0.3, 0.4) is 0 Å². The first kappa shape index (κ1) is 13.9. The molecule has 1 rings (SSSR count). The Bertz CT molecular complexity index is 488. The zero-order chi connectivity index (χ0) is 13.9. The third-order valence-corrected chi connectivity index (χ3v) is 2.24. The van der Waals surface area contributed by atoms with Crippen LogP contribution in [0.5, 0.6) is 0 Å². The van der Waals surface area contributed by atoms with E-state index in [9.17, 15) is 19.3 Å². The number of nitrogens with one attached hydrogen (secondary N) is 1. The number of amides is 1.